The molecule has 2 aliphatic rings. The summed E-state index contributed by atoms with van der Waals surface area (Å²) < 4.78 is 25.6. The van der Waals surface area contributed by atoms with Gasteiger partial charge >= 0.3 is 14.2 Å². The number of aromatic nitrogens is 2. The fraction of sp³-hybridized carbons (Fsp3) is 0.458. The molecule has 5 rings (SSSR count). The van der Waals surface area contributed by atoms with E-state index in [2.05, 4.69) is 33.8 Å². The highest BCUT2D eigenvalue weighted by molar-refractivity contribution is 6.62. The maximum Gasteiger partial charge on any atom is 0.493 e. The third-order valence-electron chi connectivity index (χ3n) is 6.13. The van der Waals surface area contributed by atoms with Crippen LogP contribution >= 0.6 is 11.6 Å². The SMILES string of the molecule is Cc1cc(B2OCC(C)(C)CO2)ccc1-n1nc2ccc(B3OCC(C)(C)CO3)cc2c1Cl. The Morgan fingerprint density at radius 3 is 1.88 bits per heavy atom. The minimum absolute atomic E-state index is 0.0245. The molecule has 1 aromatic heterocycles. The molecule has 0 unspecified atom stereocenters. The molecule has 0 N–H and O–H groups in total. The standard InChI is InChI=1S/C24H29B2ClN2O4/c1-16-10-17(25-30-12-23(2,3)13-31-25)7-9-21(16)29-22(27)19-11-18(6-8-20(19)28-29)26-32-14-24(4,5)15-33-26/h6-11H,12-15H2,1-5H3. The fourth-order valence-electron chi connectivity index (χ4n) is 4.21. The van der Waals surface area contributed by atoms with Crippen molar-refractivity contribution in [3.05, 3.63) is 47.1 Å². The molecular formula is C24H29B2ClN2O4. The van der Waals surface area contributed by atoms with Gasteiger partial charge in [-0.2, -0.15) is 5.10 Å². The summed E-state index contributed by atoms with van der Waals surface area (Å²) >= 11 is 6.81. The lowest BCUT2D eigenvalue weighted by molar-refractivity contribution is 0.0342. The molecule has 0 aliphatic carbocycles. The van der Waals surface area contributed by atoms with Crippen LogP contribution in [-0.4, -0.2) is 50.4 Å². The average molecular weight is 467 g/mol. The summed E-state index contributed by atoms with van der Waals surface area (Å²) in [6, 6.07) is 12.1. The quantitative estimate of drug-likeness (QED) is 0.553. The summed E-state index contributed by atoms with van der Waals surface area (Å²) in [6.45, 7) is 13.2. The first-order valence-electron chi connectivity index (χ1n) is 11.4. The first-order valence-corrected chi connectivity index (χ1v) is 11.8. The van der Waals surface area contributed by atoms with Crippen molar-refractivity contribution in [2.75, 3.05) is 26.4 Å². The average Bonchev–Trinajstić information content (AvgIpc) is 3.09. The number of aryl methyl sites for hydroxylation is 1. The lowest BCUT2D eigenvalue weighted by Crippen LogP contribution is -2.47. The lowest BCUT2D eigenvalue weighted by Gasteiger charge is -2.33. The molecule has 3 aromatic rings. The van der Waals surface area contributed by atoms with E-state index in [9.17, 15) is 0 Å². The van der Waals surface area contributed by atoms with Crippen LogP contribution in [0.5, 0.6) is 0 Å². The van der Waals surface area contributed by atoms with E-state index >= 15 is 0 Å². The molecule has 2 aromatic carbocycles. The molecule has 0 atom stereocenters. The van der Waals surface area contributed by atoms with Gasteiger partial charge in [-0.3, -0.25) is 0 Å². The summed E-state index contributed by atoms with van der Waals surface area (Å²) in [5.74, 6) is 0. The monoisotopic (exact) mass is 466 g/mol. The van der Waals surface area contributed by atoms with E-state index in [4.69, 9.17) is 35.3 Å². The van der Waals surface area contributed by atoms with Crippen LogP contribution in [0.4, 0.5) is 0 Å². The van der Waals surface area contributed by atoms with Crippen molar-refractivity contribution in [3.8, 4) is 5.69 Å². The van der Waals surface area contributed by atoms with Crippen LogP contribution in [0.15, 0.2) is 36.4 Å². The first kappa shape index (κ1) is 22.9. The molecule has 2 aliphatic heterocycles. The minimum atomic E-state index is -0.386. The molecule has 0 spiro atoms. The Morgan fingerprint density at radius 1 is 0.818 bits per heavy atom. The summed E-state index contributed by atoms with van der Waals surface area (Å²) in [5, 5.41) is 6.19. The molecule has 0 bridgehead atoms. The predicted octanol–water partition coefficient (Wildman–Crippen LogP) is 3.52. The van der Waals surface area contributed by atoms with Gasteiger partial charge in [0.15, 0.2) is 0 Å². The smallest absolute Gasteiger partial charge is 0.407 e. The van der Waals surface area contributed by atoms with Gasteiger partial charge in [-0.15, -0.1) is 0 Å². The summed E-state index contributed by atoms with van der Waals surface area (Å²) in [6.07, 6.45) is 0. The van der Waals surface area contributed by atoms with Gasteiger partial charge in [0, 0.05) is 42.6 Å². The van der Waals surface area contributed by atoms with Gasteiger partial charge in [-0.1, -0.05) is 57.5 Å². The number of hydrogen-bond donors (Lipinski definition) is 0. The second kappa shape index (κ2) is 8.43. The van der Waals surface area contributed by atoms with Crippen molar-refractivity contribution in [2.24, 2.45) is 10.8 Å². The molecule has 3 heterocycles. The Bertz CT molecular complexity index is 1180. The molecule has 0 saturated carbocycles. The van der Waals surface area contributed by atoms with Crippen molar-refractivity contribution < 1.29 is 18.6 Å². The highest BCUT2D eigenvalue weighted by Gasteiger charge is 2.35. The van der Waals surface area contributed by atoms with E-state index in [0.29, 0.717) is 31.6 Å². The Labute approximate surface area is 200 Å². The minimum Gasteiger partial charge on any atom is -0.407 e. The van der Waals surface area contributed by atoms with Gasteiger partial charge in [0.2, 0.25) is 0 Å². The highest BCUT2D eigenvalue weighted by Crippen LogP contribution is 2.28. The van der Waals surface area contributed by atoms with Gasteiger partial charge in [-0.25, -0.2) is 4.68 Å². The largest absolute Gasteiger partial charge is 0.493 e. The van der Waals surface area contributed by atoms with E-state index in [0.717, 1.165) is 33.1 Å². The van der Waals surface area contributed by atoms with Crippen LogP contribution in [0.25, 0.3) is 16.6 Å². The summed E-state index contributed by atoms with van der Waals surface area (Å²) in [4.78, 5) is 0. The molecule has 172 valence electrons. The van der Waals surface area contributed by atoms with Gasteiger partial charge in [-0.05, 0) is 41.6 Å². The zero-order valence-electron chi connectivity index (χ0n) is 19.9. The van der Waals surface area contributed by atoms with E-state index in [1.165, 1.54) is 0 Å². The van der Waals surface area contributed by atoms with Gasteiger partial charge in [0.25, 0.3) is 0 Å². The van der Waals surface area contributed by atoms with Gasteiger partial charge < -0.3 is 18.6 Å². The molecule has 0 amide bonds. The number of rotatable bonds is 3. The van der Waals surface area contributed by atoms with E-state index in [-0.39, 0.29) is 25.1 Å². The maximum atomic E-state index is 6.81. The zero-order valence-corrected chi connectivity index (χ0v) is 20.6. The number of halogens is 1. The van der Waals surface area contributed by atoms with Crippen molar-refractivity contribution >= 4 is 47.7 Å². The van der Waals surface area contributed by atoms with Crippen molar-refractivity contribution in [2.45, 2.75) is 34.6 Å². The Morgan fingerprint density at radius 2 is 1.33 bits per heavy atom. The molecule has 2 fully saturated rings. The third-order valence-corrected chi connectivity index (χ3v) is 6.50. The van der Waals surface area contributed by atoms with E-state index in [1.54, 1.807) is 4.68 Å². The Balaban J connectivity index is 1.41. The van der Waals surface area contributed by atoms with Crippen LogP contribution in [0.2, 0.25) is 5.15 Å². The van der Waals surface area contributed by atoms with Crippen molar-refractivity contribution in [1.82, 2.24) is 9.78 Å². The topological polar surface area (TPSA) is 54.7 Å². The number of fused-ring (bicyclic) bond motifs is 1. The molecule has 9 heteroatoms. The lowest BCUT2D eigenvalue weighted by atomic mass is 9.75. The second-order valence-electron chi connectivity index (χ2n) is 10.8. The second-order valence-corrected chi connectivity index (χ2v) is 11.1. The number of benzene rings is 2. The van der Waals surface area contributed by atoms with Crippen LogP contribution in [-0.2, 0) is 18.6 Å². The zero-order chi connectivity index (χ0) is 23.4. The number of hydrogen-bond acceptors (Lipinski definition) is 5. The molecule has 2 saturated heterocycles. The maximum absolute atomic E-state index is 6.81. The van der Waals surface area contributed by atoms with E-state index < -0.39 is 0 Å². The Hall–Kier alpha value is -1.83. The van der Waals surface area contributed by atoms with Crippen LogP contribution in [0.1, 0.15) is 33.3 Å². The molecule has 6 nitrogen and oxygen atoms in total. The molecular weight excluding hydrogens is 437 g/mol. The molecule has 33 heavy (non-hydrogen) atoms. The third kappa shape index (κ3) is 4.60. The Kier molecular flexibility index (Phi) is 5.86. The normalized spacial score (nSPS) is 20.4. The van der Waals surface area contributed by atoms with Gasteiger partial charge in [0.05, 0.1) is 11.2 Å². The number of nitrogens with zero attached hydrogens (tertiary/aromatic N) is 2. The summed E-state index contributed by atoms with van der Waals surface area (Å²) in [7, 11) is -0.732. The van der Waals surface area contributed by atoms with Crippen molar-refractivity contribution in [3.63, 3.8) is 0 Å². The fourth-order valence-corrected chi connectivity index (χ4v) is 4.49. The van der Waals surface area contributed by atoms with Crippen LogP contribution in [0.3, 0.4) is 0 Å². The van der Waals surface area contributed by atoms with Crippen LogP contribution in [0, 0.1) is 17.8 Å². The van der Waals surface area contributed by atoms with Crippen molar-refractivity contribution in [1.29, 1.82) is 0 Å². The van der Waals surface area contributed by atoms with E-state index in [1.807, 2.05) is 37.3 Å². The van der Waals surface area contributed by atoms with Crippen LogP contribution < -0.4 is 10.9 Å². The van der Waals surface area contributed by atoms with Gasteiger partial charge in [0.1, 0.15) is 5.15 Å². The molecule has 0 radical (unpaired) electrons. The first-order chi connectivity index (χ1) is 15.6. The summed E-state index contributed by atoms with van der Waals surface area (Å²) in [5.41, 5.74) is 4.79. The predicted molar refractivity (Wildman–Crippen MR) is 133 cm³/mol. The highest BCUT2D eigenvalue weighted by atomic mass is 35.5.